The van der Waals surface area contributed by atoms with Crippen LogP contribution in [-0.2, 0) is 0 Å². The molecule has 1 N–H and O–H groups in total. The molecular weight excluding hydrogens is 211 g/mol. The Bertz CT molecular complexity index is 449. The maximum atomic E-state index is 13.2. The third kappa shape index (κ3) is 3.33. The van der Waals surface area contributed by atoms with Gasteiger partial charge in [-0.25, -0.2) is 4.39 Å². The minimum Gasteiger partial charge on any atom is -0.319 e. The van der Waals surface area contributed by atoms with Gasteiger partial charge in [0, 0.05) is 25.1 Å². The van der Waals surface area contributed by atoms with Crippen LogP contribution in [0.3, 0.4) is 0 Å². The lowest BCUT2D eigenvalue weighted by atomic mass is 10.2. The summed E-state index contributed by atoms with van der Waals surface area (Å²) in [5, 5.41) is 13.4. The molecule has 0 saturated heterocycles. The standard InChI is InChI=1S/C11H11FN2O2/c1-13-7-3-2-4-9-8-10(14(15)16)5-6-11(9)12/h5-6,8,13H,3,7H2,1H3. The summed E-state index contributed by atoms with van der Waals surface area (Å²) < 4.78 is 13.2. The molecule has 0 unspecified atom stereocenters. The normalized spacial score (nSPS) is 9.38. The fourth-order valence-electron chi connectivity index (χ4n) is 1.07. The number of nitrogens with one attached hydrogen (secondary N) is 1. The number of non-ortho nitro benzene ring substituents is 1. The topological polar surface area (TPSA) is 55.2 Å². The highest BCUT2D eigenvalue weighted by Crippen LogP contribution is 2.15. The van der Waals surface area contributed by atoms with Gasteiger partial charge in [0.1, 0.15) is 5.82 Å². The van der Waals surface area contributed by atoms with Gasteiger partial charge in [0.15, 0.2) is 0 Å². The number of benzene rings is 1. The second kappa shape index (κ2) is 5.83. The quantitative estimate of drug-likeness (QED) is 0.366. The van der Waals surface area contributed by atoms with Crippen LogP contribution in [0.5, 0.6) is 0 Å². The first kappa shape index (κ1) is 12.1. The molecular formula is C11H11FN2O2. The summed E-state index contributed by atoms with van der Waals surface area (Å²) in [6.07, 6.45) is 0.568. The van der Waals surface area contributed by atoms with Crippen LogP contribution in [0, 0.1) is 27.8 Å². The van der Waals surface area contributed by atoms with Gasteiger partial charge in [-0.2, -0.15) is 0 Å². The van der Waals surface area contributed by atoms with Gasteiger partial charge in [-0.3, -0.25) is 10.1 Å². The minimum atomic E-state index is -0.571. The summed E-state index contributed by atoms with van der Waals surface area (Å²) in [5.41, 5.74) is -0.0929. The zero-order chi connectivity index (χ0) is 12.0. The average molecular weight is 222 g/mol. The van der Waals surface area contributed by atoms with Gasteiger partial charge < -0.3 is 5.32 Å². The van der Waals surface area contributed by atoms with Crippen LogP contribution in [0.4, 0.5) is 10.1 Å². The molecule has 0 heterocycles. The summed E-state index contributed by atoms with van der Waals surface area (Å²) in [5.74, 6) is 4.77. The molecule has 0 aliphatic rings. The summed E-state index contributed by atoms with van der Waals surface area (Å²) in [7, 11) is 1.79. The lowest BCUT2D eigenvalue weighted by molar-refractivity contribution is -0.384. The van der Waals surface area contributed by atoms with E-state index in [1.807, 2.05) is 0 Å². The average Bonchev–Trinajstić information content (AvgIpc) is 2.26. The number of hydrogen-bond donors (Lipinski definition) is 1. The molecule has 1 aromatic rings. The van der Waals surface area contributed by atoms with Gasteiger partial charge in [0.05, 0.1) is 10.5 Å². The number of nitro groups is 1. The van der Waals surface area contributed by atoms with Crippen molar-refractivity contribution >= 4 is 5.69 Å². The maximum Gasteiger partial charge on any atom is 0.270 e. The molecule has 84 valence electrons. The van der Waals surface area contributed by atoms with Gasteiger partial charge in [0.25, 0.3) is 5.69 Å². The highest BCUT2D eigenvalue weighted by Gasteiger charge is 2.08. The molecule has 0 bridgehead atoms. The van der Waals surface area contributed by atoms with E-state index >= 15 is 0 Å². The van der Waals surface area contributed by atoms with E-state index in [2.05, 4.69) is 17.2 Å². The van der Waals surface area contributed by atoms with Crippen molar-refractivity contribution in [1.29, 1.82) is 0 Å². The number of halogens is 1. The van der Waals surface area contributed by atoms with E-state index in [1.165, 1.54) is 0 Å². The van der Waals surface area contributed by atoms with Crippen LogP contribution in [-0.4, -0.2) is 18.5 Å². The zero-order valence-corrected chi connectivity index (χ0v) is 8.79. The summed E-state index contributed by atoms with van der Waals surface area (Å²) in [4.78, 5) is 9.89. The van der Waals surface area contributed by atoms with Crippen LogP contribution < -0.4 is 5.32 Å². The Morgan fingerprint density at radius 2 is 2.31 bits per heavy atom. The molecule has 0 spiro atoms. The fraction of sp³-hybridized carbons (Fsp3) is 0.273. The lowest BCUT2D eigenvalue weighted by Crippen LogP contribution is -2.05. The molecule has 1 aromatic carbocycles. The van der Waals surface area contributed by atoms with Crippen LogP contribution >= 0.6 is 0 Å². The van der Waals surface area contributed by atoms with E-state index < -0.39 is 10.7 Å². The first-order valence-corrected chi connectivity index (χ1v) is 4.72. The highest BCUT2D eigenvalue weighted by molar-refractivity contribution is 5.44. The summed E-state index contributed by atoms with van der Waals surface area (Å²) in [6, 6.07) is 3.32. The third-order valence-corrected chi connectivity index (χ3v) is 1.88. The zero-order valence-electron chi connectivity index (χ0n) is 8.79. The van der Waals surface area contributed by atoms with Crippen LogP contribution in [0.15, 0.2) is 18.2 Å². The Balaban J connectivity index is 2.88. The Labute approximate surface area is 92.6 Å². The molecule has 0 fully saturated rings. The lowest BCUT2D eigenvalue weighted by Gasteiger charge is -1.95. The van der Waals surface area contributed by atoms with E-state index in [9.17, 15) is 14.5 Å². The van der Waals surface area contributed by atoms with Crippen molar-refractivity contribution in [2.45, 2.75) is 6.42 Å². The van der Waals surface area contributed by atoms with Crippen molar-refractivity contribution in [3.63, 3.8) is 0 Å². The first-order valence-electron chi connectivity index (χ1n) is 4.72. The van der Waals surface area contributed by atoms with Crippen molar-refractivity contribution in [1.82, 2.24) is 5.32 Å². The van der Waals surface area contributed by atoms with Gasteiger partial charge in [-0.15, -0.1) is 0 Å². The van der Waals surface area contributed by atoms with Crippen LogP contribution in [0.2, 0.25) is 0 Å². The SMILES string of the molecule is CNCCC#Cc1cc([N+](=O)[O-])ccc1F. The van der Waals surface area contributed by atoms with E-state index in [0.29, 0.717) is 13.0 Å². The molecule has 0 aromatic heterocycles. The van der Waals surface area contributed by atoms with Gasteiger partial charge in [-0.1, -0.05) is 11.8 Å². The molecule has 4 nitrogen and oxygen atoms in total. The van der Waals surface area contributed by atoms with Crippen molar-refractivity contribution in [3.8, 4) is 11.8 Å². The fourth-order valence-corrected chi connectivity index (χ4v) is 1.07. The Hall–Kier alpha value is -1.93. The van der Waals surface area contributed by atoms with E-state index in [1.54, 1.807) is 7.05 Å². The first-order chi connectivity index (χ1) is 7.65. The Morgan fingerprint density at radius 1 is 1.56 bits per heavy atom. The summed E-state index contributed by atoms with van der Waals surface area (Å²) >= 11 is 0. The third-order valence-electron chi connectivity index (χ3n) is 1.88. The highest BCUT2D eigenvalue weighted by atomic mass is 19.1. The van der Waals surface area contributed by atoms with Crippen LogP contribution in [0.1, 0.15) is 12.0 Å². The monoisotopic (exact) mass is 222 g/mol. The minimum absolute atomic E-state index is 0.0605. The summed E-state index contributed by atoms with van der Waals surface area (Å²) in [6.45, 7) is 0.698. The van der Waals surface area contributed by atoms with Crippen LogP contribution in [0.25, 0.3) is 0 Å². The molecule has 5 heteroatoms. The molecule has 1 rings (SSSR count). The molecule has 0 aliphatic carbocycles. The second-order valence-corrected chi connectivity index (χ2v) is 3.08. The van der Waals surface area contributed by atoms with Crippen molar-refractivity contribution in [2.75, 3.05) is 13.6 Å². The molecule has 16 heavy (non-hydrogen) atoms. The van der Waals surface area contributed by atoms with E-state index in [0.717, 1.165) is 18.2 Å². The number of nitrogens with zero attached hydrogens (tertiary/aromatic N) is 1. The Morgan fingerprint density at radius 3 is 2.94 bits per heavy atom. The Kier molecular flexibility index (Phi) is 4.42. The predicted molar refractivity (Wildman–Crippen MR) is 58.5 cm³/mol. The molecule has 0 amide bonds. The van der Waals surface area contributed by atoms with Gasteiger partial charge in [0.2, 0.25) is 0 Å². The molecule has 0 saturated carbocycles. The largest absolute Gasteiger partial charge is 0.319 e. The molecule has 0 aliphatic heterocycles. The number of nitro benzene ring substituents is 1. The number of rotatable bonds is 3. The maximum absolute atomic E-state index is 13.2. The second-order valence-electron chi connectivity index (χ2n) is 3.08. The molecule has 0 atom stereocenters. The van der Waals surface area contributed by atoms with Gasteiger partial charge >= 0.3 is 0 Å². The van der Waals surface area contributed by atoms with Crippen molar-refractivity contribution in [3.05, 3.63) is 39.7 Å². The van der Waals surface area contributed by atoms with Crippen molar-refractivity contribution in [2.24, 2.45) is 0 Å². The van der Waals surface area contributed by atoms with E-state index in [-0.39, 0.29) is 11.3 Å². The van der Waals surface area contributed by atoms with Crippen molar-refractivity contribution < 1.29 is 9.31 Å². The predicted octanol–water partition coefficient (Wildman–Crippen LogP) is 1.69. The van der Waals surface area contributed by atoms with Gasteiger partial charge in [-0.05, 0) is 13.1 Å². The van der Waals surface area contributed by atoms with E-state index in [4.69, 9.17) is 0 Å². The number of hydrogen-bond acceptors (Lipinski definition) is 3. The molecule has 0 radical (unpaired) electrons. The smallest absolute Gasteiger partial charge is 0.270 e.